The number of nitrogens with two attached hydrogens (primary N) is 1. The van der Waals surface area contributed by atoms with Gasteiger partial charge in [-0.3, -0.25) is 0 Å². The molecule has 4 rings (SSSR count). The van der Waals surface area contributed by atoms with Gasteiger partial charge in [-0.1, -0.05) is 29.8 Å². The van der Waals surface area contributed by atoms with E-state index in [1.165, 1.54) is 0 Å². The van der Waals surface area contributed by atoms with Crippen LogP contribution in [0.4, 0.5) is 17.1 Å². The molecule has 5 nitrogen and oxygen atoms in total. The average molecular weight is 336 g/mol. The van der Waals surface area contributed by atoms with E-state index in [-0.39, 0.29) is 0 Å². The first-order chi connectivity index (χ1) is 11.7. The summed E-state index contributed by atoms with van der Waals surface area (Å²) in [6.45, 7) is 0. The quantitative estimate of drug-likeness (QED) is 0.478. The van der Waals surface area contributed by atoms with Crippen LogP contribution in [-0.4, -0.2) is 15.0 Å². The average Bonchev–Trinajstić information content (AvgIpc) is 3.03. The summed E-state index contributed by atoms with van der Waals surface area (Å²) in [5.41, 5.74) is 10.4. The van der Waals surface area contributed by atoms with Crippen molar-refractivity contribution in [2.45, 2.75) is 0 Å². The van der Waals surface area contributed by atoms with E-state index < -0.39 is 0 Å². The Bertz CT molecular complexity index is 993. The number of hydrogen-bond acceptors (Lipinski definition) is 4. The lowest BCUT2D eigenvalue weighted by atomic mass is 10.2. The first-order valence-corrected chi connectivity index (χ1v) is 7.81. The van der Waals surface area contributed by atoms with Crippen molar-refractivity contribution in [1.82, 2.24) is 15.0 Å². The molecule has 0 saturated heterocycles. The van der Waals surface area contributed by atoms with Gasteiger partial charge in [0, 0.05) is 16.9 Å². The Morgan fingerprint density at radius 2 is 1.75 bits per heavy atom. The molecule has 6 heteroatoms. The Kier molecular flexibility index (Phi) is 3.55. The minimum atomic E-state index is 0.515. The van der Waals surface area contributed by atoms with Crippen molar-refractivity contribution in [3.8, 4) is 11.4 Å². The van der Waals surface area contributed by atoms with Gasteiger partial charge in [0.2, 0.25) is 0 Å². The van der Waals surface area contributed by atoms with Crippen molar-refractivity contribution in [2.24, 2.45) is 0 Å². The Morgan fingerprint density at radius 1 is 1.00 bits per heavy atom. The van der Waals surface area contributed by atoms with Gasteiger partial charge in [0.05, 0.1) is 16.9 Å². The lowest BCUT2D eigenvalue weighted by Gasteiger charge is -2.08. The predicted octanol–water partition coefficient (Wildman–Crippen LogP) is 4.60. The number of hydrogen-bond donors (Lipinski definition) is 3. The van der Waals surface area contributed by atoms with Crippen LogP contribution in [0.3, 0.4) is 0 Å². The van der Waals surface area contributed by atoms with E-state index >= 15 is 0 Å². The van der Waals surface area contributed by atoms with Gasteiger partial charge in [-0.2, -0.15) is 0 Å². The normalized spacial score (nSPS) is 10.9. The Labute approximate surface area is 143 Å². The summed E-state index contributed by atoms with van der Waals surface area (Å²) in [5, 5.41) is 3.83. The molecule has 0 bridgehead atoms. The minimum Gasteiger partial charge on any atom is -0.399 e. The number of nitrogen functional groups attached to an aromatic ring is 1. The van der Waals surface area contributed by atoms with Crippen LogP contribution in [0.25, 0.3) is 22.6 Å². The van der Waals surface area contributed by atoms with E-state index in [4.69, 9.17) is 17.3 Å². The van der Waals surface area contributed by atoms with E-state index in [0.717, 1.165) is 22.8 Å². The number of pyridine rings is 1. The molecular formula is C18H14ClN5. The Hall–Kier alpha value is -3.05. The van der Waals surface area contributed by atoms with Crippen LogP contribution >= 0.6 is 11.6 Å². The fraction of sp³-hybridized carbons (Fsp3) is 0. The summed E-state index contributed by atoms with van der Waals surface area (Å²) in [4.78, 5) is 12.2. The van der Waals surface area contributed by atoms with Crippen molar-refractivity contribution in [3.63, 3.8) is 0 Å². The maximum absolute atomic E-state index is 6.33. The molecule has 0 atom stereocenters. The number of nitrogens with one attached hydrogen (secondary N) is 2. The molecular weight excluding hydrogens is 322 g/mol. The third-order valence-electron chi connectivity index (χ3n) is 3.69. The number of rotatable bonds is 3. The fourth-order valence-corrected chi connectivity index (χ4v) is 2.68. The van der Waals surface area contributed by atoms with Gasteiger partial charge in [-0.15, -0.1) is 0 Å². The summed E-state index contributed by atoms with van der Waals surface area (Å²) >= 11 is 6.33. The van der Waals surface area contributed by atoms with Crippen molar-refractivity contribution in [3.05, 3.63) is 65.8 Å². The topological polar surface area (TPSA) is 79.6 Å². The molecule has 0 spiro atoms. The number of imidazole rings is 1. The molecule has 0 aliphatic rings. The van der Waals surface area contributed by atoms with E-state index in [0.29, 0.717) is 21.9 Å². The smallest absolute Gasteiger partial charge is 0.159 e. The molecule has 2 aromatic carbocycles. The first-order valence-electron chi connectivity index (χ1n) is 7.43. The van der Waals surface area contributed by atoms with Crippen LogP contribution in [0.2, 0.25) is 5.02 Å². The lowest BCUT2D eigenvalue weighted by Crippen LogP contribution is -1.93. The van der Waals surface area contributed by atoms with Crippen molar-refractivity contribution in [1.29, 1.82) is 0 Å². The third kappa shape index (κ3) is 2.66. The van der Waals surface area contributed by atoms with Crippen LogP contribution in [0.5, 0.6) is 0 Å². The molecule has 2 aromatic heterocycles. The second kappa shape index (κ2) is 5.86. The number of halogens is 1. The fourth-order valence-electron chi connectivity index (χ4n) is 2.49. The number of aromatic nitrogens is 3. The molecule has 0 aliphatic heterocycles. The predicted molar refractivity (Wildman–Crippen MR) is 98.5 cm³/mol. The molecule has 0 unspecified atom stereocenters. The maximum atomic E-state index is 6.33. The monoisotopic (exact) mass is 335 g/mol. The van der Waals surface area contributed by atoms with Crippen molar-refractivity contribution >= 4 is 39.8 Å². The van der Waals surface area contributed by atoms with Gasteiger partial charge in [-0.05, 0) is 36.4 Å². The molecule has 0 radical (unpaired) electrons. The molecule has 24 heavy (non-hydrogen) atoms. The highest BCUT2D eigenvalue weighted by Crippen LogP contribution is 2.32. The summed E-state index contributed by atoms with van der Waals surface area (Å²) in [7, 11) is 0. The molecule has 4 aromatic rings. The summed E-state index contributed by atoms with van der Waals surface area (Å²) in [6, 6.07) is 17.3. The van der Waals surface area contributed by atoms with Gasteiger partial charge >= 0.3 is 0 Å². The van der Waals surface area contributed by atoms with Crippen LogP contribution in [0, 0.1) is 0 Å². The van der Waals surface area contributed by atoms with E-state index in [1.54, 1.807) is 6.20 Å². The zero-order chi connectivity index (χ0) is 16.5. The standard InChI is InChI=1S/C18H14ClN5/c19-14-10-21-18-16(15(14)22-13-4-2-1-3-5-13)23-17(24-18)11-6-8-12(20)9-7-11/h1-10H,20H2,(H2,21,22,23,24). The van der Waals surface area contributed by atoms with Crippen LogP contribution in [0.1, 0.15) is 0 Å². The molecule has 0 amide bonds. The molecule has 0 aliphatic carbocycles. The Morgan fingerprint density at radius 3 is 2.50 bits per heavy atom. The van der Waals surface area contributed by atoms with E-state index in [1.807, 2.05) is 54.6 Å². The van der Waals surface area contributed by atoms with E-state index in [9.17, 15) is 0 Å². The minimum absolute atomic E-state index is 0.515. The molecule has 118 valence electrons. The largest absolute Gasteiger partial charge is 0.399 e. The van der Waals surface area contributed by atoms with E-state index in [2.05, 4.69) is 20.3 Å². The van der Waals surface area contributed by atoms with Gasteiger partial charge in [-0.25, -0.2) is 9.97 Å². The highest BCUT2D eigenvalue weighted by molar-refractivity contribution is 6.34. The van der Waals surface area contributed by atoms with Crippen LogP contribution in [-0.2, 0) is 0 Å². The van der Waals surface area contributed by atoms with Crippen LogP contribution in [0.15, 0.2) is 60.8 Å². The maximum Gasteiger partial charge on any atom is 0.159 e. The molecule has 4 N–H and O–H groups in total. The number of anilines is 3. The number of H-pyrrole nitrogens is 1. The Balaban J connectivity index is 1.82. The second-order valence-corrected chi connectivity index (χ2v) is 5.78. The third-order valence-corrected chi connectivity index (χ3v) is 3.98. The molecule has 0 saturated carbocycles. The van der Waals surface area contributed by atoms with Crippen LogP contribution < -0.4 is 11.1 Å². The summed E-state index contributed by atoms with van der Waals surface area (Å²) in [6.07, 6.45) is 1.61. The number of fused-ring (bicyclic) bond motifs is 1. The van der Waals surface area contributed by atoms with Gasteiger partial charge in [0.1, 0.15) is 11.3 Å². The zero-order valence-corrected chi connectivity index (χ0v) is 13.4. The SMILES string of the molecule is Nc1ccc(-c2nc3c(Nc4ccccc4)c(Cl)cnc3[nH]2)cc1. The van der Waals surface area contributed by atoms with Crippen molar-refractivity contribution < 1.29 is 0 Å². The highest BCUT2D eigenvalue weighted by atomic mass is 35.5. The summed E-state index contributed by atoms with van der Waals surface area (Å²) in [5.74, 6) is 0.718. The van der Waals surface area contributed by atoms with Gasteiger partial charge in [0.25, 0.3) is 0 Å². The number of nitrogens with zero attached hydrogens (tertiary/aromatic N) is 2. The summed E-state index contributed by atoms with van der Waals surface area (Å²) < 4.78 is 0. The molecule has 0 fully saturated rings. The van der Waals surface area contributed by atoms with Gasteiger partial charge < -0.3 is 16.0 Å². The lowest BCUT2D eigenvalue weighted by molar-refractivity contribution is 1.30. The van der Waals surface area contributed by atoms with Gasteiger partial charge in [0.15, 0.2) is 5.65 Å². The molecule has 2 heterocycles. The number of benzene rings is 2. The first kappa shape index (κ1) is 14.5. The second-order valence-electron chi connectivity index (χ2n) is 5.38. The number of para-hydroxylation sites is 1. The highest BCUT2D eigenvalue weighted by Gasteiger charge is 2.13. The number of aromatic amines is 1. The zero-order valence-electron chi connectivity index (χ0n) is 12.6. The van der Waals surface area contributed by atoms with Crippen molar-refractivity contribution in [2.75, 3.05) is 11.1 Å².